The highest BCUT2D eigenvalue weighted by Crippen LogP contribution is 2.32. The van der Waals surface area contributed by atoms with E-state index in [9.17, 15) is 18.0 Å². The first-order valence-corrected chi connectivity index (χ1v) is 11.4. The third-order valence-electron chi connectivity index (χ3n) is 5.52. The molecule has 1 aromatic heterocycles. The number of H-pyrrole nitrogens is 1. The first kappa shape index (κ1) is 20.3. The first-order valence-electron chi connectivity index (χ1n) is 9.93. The SMILES string of the molecule is CCN(CC)S(=O)(=O)c1ccc2c(c1)CCN2C(=O)c1cc2ccccc2c(=O)[nH]1. The van der Waals surface area contributed by atoms with Crippen molar-refractivity contribution in [2.75, 3.05) is 24.5 Å². The highest BCUT2D eigenvalue weighted by molar-refractivity contribution is 7.89. The van der Waals surface area contributed by atoms with Gasteiger partial charge in [-0.2, -0.15) is 4.31 Å². The number of carbonyl (C=O) groups is 1. The molecule has 3 aromatic rings. The van der Waals surface area contributed by atoms with Crippen LogP contribution in [0.15, 0.2) is 58.2 Å². The van der Waals surface area contributed by atoms with Crippen LogP contribution in [0.25, 0.3) is 10.8 Å². The van der Waals surface area contributed by atoms with E-state index in [0.29, 0.717) is 42.5 Å². The van der Waals surface area contributed by atoms with E-state index in [2.05, 4.69) is 4.98 Å². The Bertz CT molecular complexity index is 1290. The zero-order valence-corrected chi connectivity index (χ0v) is 17.7. The Labute approximate surface area is 175 Å². The molecule has 2 aromatic carbocycles. The van der Waals surface area contributed by atoms with Crippen LogP contribution in [0.5, 0.6) is 0 Å². The number of amides is 1. The number of rotatable bonds is 5. The van der Waals surface area contributed by atoms with Gasteiger partial charge in [0, 0.05) is 30.7 Å². The van der Waals surface area contributed by atoms with Crippen molar-refractivity contribution in [1.29, 1.82) is 0 Å². The minimum Gasteiger partial charge on any atom is -0.317 e. The van der Waals surface area contributed by atoms with Crippen molar-refractivity contribution in [2.45, 2.75) is 25.2 Å². The summed E-state index contributed by atoms with van der Waals surface area (Å²) in [5.74, 6) is -0.309. The molecule has 1 amide bonds. The Hall–Kier alpha value is -2.97. The smallest absolute Gasteiger partial charge is 0.274 e. The van der Waals surface area contributed by atoms with Gasteiger partial charge in [-0.3, -0.25) is 9.59 Å². The number of carbonyl (C=O) groups excluding carboxylic acids is 1. The normalized spacial score (nSPS) is 13.8. The quantitative estimate of drug-likeness (QED) is 0.681. The summed E-state index contributed by atoms with van der Waals surface area (Å²) in [6, 6.07) is 13.7. The van der Waals surface area contributed by atoms with Crippen molar-refractivity contribution < 1.29 is 13.2 Å². The lowest BCUT2D eigenvalue weighted by Crippen LogP contribution is -2.31. The molecule has 1 N–H and O–H groups in total. The lowest BCUT2D eigenvalue weighted by atomic mass is 10.1. The van der Waals surface area contributed by atoms with Crippen LogP contribution in [-0.2, 0) is 16.4 Å². The number of hydrogen-bond acceptors (Lipinski definition) is 4. The van der Waals surface area contributed by atoms with E-state index in [4.69, 9.17) is 0 Å². The summed E-state index contributed by atoms with van der Waals surface area (Å²) in [4.78, 5) is 30.0. The lowest BCUT2D eigenvalue weighted by Gasteiger charge is -2.20. The summed E-state index contributed by atoms with van der Waals surface area (Å²) in [6.07, 6.45) is 0.556. The molecule has 0 radical (unpaired) electrons. The molecule has 0 saturated heterocycles. The number of aromatic amines is 1. The Balaban J connectivity index is 1.69. The zero-order valence-electron chi connectivity index (χ0n) is 16.9. The van der Waals surface area contributed by atoms with E-state index in [-0.39, 0.29) is 22.1 Å². The van der Waals surface area contributed by atoms with Gasteiger partial charge in [-0.25, -0.2) is 8.42 Å². The van der Waals surface area contributed by atoms with Gasteiger partial charge in [0.2, 0.25) is 10.0 Å². The van der Waals surface area contributed by atoms with Gasteiger partial charge in [-0.05, 0) is 47.7 Å². The molecule has 7 nitrogen and oxygen atoms in total. The standard InChI is InChI=1S/C22H23N3O4S/c1-3-24(4-2)30(28,29)17-9-10-20-16(13-17)11-12-25(20)22(27)19-14-15-7-5-6-8-18(15)21(26)23-19/h5-10,13-14H,3-4,11-12H2,1-2H3,(H,23,26). The van der Waals surface area contributed by atoms with Gasteiger partial charge < -0.3 is 9.88 Å². The molecule has 1 aliphatic rings. The summed E-state index contributed by atoms with van der Waals surface area (Å²) in [7, 11) is -3.56. The fourth-order valence-corrected chi connectivity index (χ4v) is 5.44. The lowest BCUT2D eigenvalue weighted by molar-refractivity contribution is 0.0984. The predicted molar refractivity (Wildman–Crippen MR) is 116 cm³/mol. The Kier molecular flexibility index (Phi) is 5.21. The monoisotopic (exact) mass is 425 g/mol. The molecule has 0 atom stereocenters. The van der Waals surface area contributed by atoms with Crippen molar-refractivity contribution >= 4 is 32.4 Å². The molecule has 2 heterocycles. The van der Waals surface area contributed by atoms with Crippen molar-refractivity contribution in [2.24, 2.45) is 0 Å². The highest BCUT2D eigenvalue weighted by atomic mass is 32.2. The van der Waals surface area contributed by atoms with E-state index in [1.807, 2.05) is 6.07 Å². The van der Waals surface area contributed by atoms with Gasteiger partial charge >= 0.3 is 0 Å². The van der Waals surface area contributed by atoms with Crippen LogP contribution >= 0.6 is 0 Å². The number of aromatic nitrogens is 1. The fraction of sp³-hybridized carbons (Fsp3) is 0.273. The fourth-order valence-electron chi connectivity index (χ4n) is 3.93. The van der Waals surface area contributed by atoms with Crippen molar-refractivity contribution in [3.05, 3.63) is 70.1 Å². The molecule has 4 rings (SSSR count). The Morgan fingerprint density at radius 3 is 2.57 bits per heavy atom. The molecule has 8 heteroatoms. The zero-order chi connectivity index (χ0) is 21.5. The Morgan fingerprint density at radius 2 is 1.83 bits per heavy atom. The maximum atomic E-state index is 13.1. The predicted octanol–water partition coefficient (Wildman–Crippen LogP) is 2.76. The second-order valence-corrected chi connectivity index (χ2v) is 9.12. The third kappa shape index (κ3) is 3.32. The summed E-state index contributed by atoms with van der Waals surface area (Å²) in [6.45, 7) is 4.84. The van der Waals surface area contributed by atoms with Gasteiger partial charge in [0.25, 0.3) is 11.5 Å². The van der Waals surface area contributed by atoms with Gasteiger partial charge in [-0.1, -0.05) is 32.0 Å². The number of anilines is 1. The summed E-state index contributed by atoms with van der Waals surface area (Å²) in [5, 5.41) is 1.23. The van der Waals surface area contributed by atoms with Crippen LogP contribution in [0.4, 0.5) is 5.69 Å². The number of fused-ring (bicyclic) bond motifs is 2. The van der Waals surface area contributed by atoms with E-state index >= 15 is 0 Å². The van der Waals surface area contributed by atoms with Crippen LogP contribution in [0.1, 0.15) is 29.9 Å². The van der Waals surface area contributed by atoms with E-state index < -0.39 is 10.0 Å². The number of nitrogens with zero attached hydrogens (tertiary/aromatic N) is 2. The summed E-state index contributed by atoms with van der Waals surface area (Å²) < 4.78 is 27.0. The van der Waals surface area contributed by atoms with Crippen molar-refractivity contribution in [3.8, 4) is 0 Å². The first-order chi connectivity index (χ1) is 14.4. The molecule has 30 heavy (non-hydrogen) atoms. The van der Waals surface area contributed by atoms with E-state index in [1.54, 1.807) is 61.2 Å². The average molecular weight is 426 g/mol. The molecule has 0 saturated carbocycles. The summed E-state index contributed by atoms with van der Waals surface area (Å²) in [5.41, 5.74) is 1.38. The molecular weight excluding hydrogens is 402 g/mol. The molecule has 156 valence electrons. The van der Waals surface area contributed by atoms with Gasteiger partial charge in [-0.15, -0.1) is 0 Å². The molecular formula is C22H23N3O4S. The molecule has 0 unspecified atom stereocenters. The topological polar surface area (TPSA) is 90.6 Å². The number of hydrogen-bond donors (Lipinski definition) is 1. The maximum absolute atomic E-state index is 13.1. The number of benzene rings is 2. The highest BCUT2D eigenvalue weighted by Gasteiger charge is 2.29. The molecule has 0 aliphatic carbocycles. The van der Waals surface area contributed by atoms with Crippen LogP contribution in [0, 0.1) is 0 Å². The second kappa shape index (κ2) is 7.70. The molecule has 1 aliphatic heterocycles. The molecule has 0 spiro atoms. The van der Waals surface area contributed by atoms with E-state index in [1.165, 1.54) is 4.31 Å². The molecule has 0 bridgehead atoms. The average Bonchev–Trinajstić information content (AvgIpc) is 3.17. The number of pyridine rings is 1. The number of nitrogens with one attached hydrogen (secondary N) is 1. The van der Waals surface area contributed by atoms with Gasteiger partial charge in [0.05, 0.1) is 4.90 Å². The van der Waals surface area contributed by atoms with Crippen LogP contribution in [0.2, 0.25) is 0 Å². The van der Waals surface area contributed by atoms with Gasteiger partial charge in [0.1, 0.15) is 5.69 Å². The summed E-state index contributed by atoms with van der Waals surface area (Å²) >= 11 is 0. The minimum absolute atomic E-state index is 0.214. The Morgan fingerprint density at radius 1 is 1.10 bits per heavy atom. The molecule has 0 fully saturated rings. The minimum atomic E-state index is -3.56. The second-order valence-electron chi connectivity index (χ2n) is 7.19. The van der Waals surface area contributed by atoms with Crippen LogP contribution in [0.3, 0.4) is 0 Å². The largest absolute Gasteiger partial charge is 0.317 e. The van der Waals surface area contributed by atoms with Gasteiger partial charge in [0.15, 0.2) is 0 Å². The number of sulfonamides is 1. The maximum Gasteiger partial charge on any atom is 0.274 e. The van der Waals surface area contributed by atoms with Crippen molar-refractivity contribution in [1.82, 2.24) is 9.29 Å². The van der Waals surface area contributed by atoms with E-state index in [0.717, 1.165) is 5.56 Å². The third-order valence-corrected chi connectivity index (χ3v) is 7.56. The van der Waals surface area contributed by atoms with Crippen LogP contribution < -0.4 is 10.5 Å². The van der Waals surface area contributed by atoms with Crippen LogP contribution in [-0.4, -0.2) is 43.2 Å². The van der Waals surface area contributed by atoms with Crippen molar-refractivity contribution in [3.63, 3.8) is 0 Å².